The Morgan fingerprint density at radius 3 is 2.58 bits per heavy atom. The van der Waals surface area contributed by atoms with Gasteiger partial charge < -0.3 is 15.7 Å². The largest absolute Gasteiger partial charge is 0.387 e. The smallest absolute Gasteiger partial charge is 0.191 e. The first kappa shape index (κ1) is 21.6. The maximum Gasteiger partial charge on any atom is 0.191 e. The maximum absolute atomic E-state index is 10.4. The molecule has 0 bridgehead atoms. The highest BCUT2D eigenvalue weighted by Gasteiger charge is 2.31. The molecule has 0 spiro atoms. The number of aryl methyl sites for hydroxylation is 1. The van der Waals surface area contributed by atoms with E-state index < -0.39 is 5.60 Å². The quantitative estimate of drug-likeness (QED) is 0.344. The first-order valence-electron chi connectivity index (χ1n) is 8.50. The zero-order chi connectivity index (χ0) is 16.7. The molecule has 4 nitrogen and oxygen atoms in total. The Morgan fingerprint density at radius 1 is 1.33 bits per heavy atom. The molecule has 24 heavy (non-hydrogen) atoms. The van der Waals surface area contributed by atoms with Gasteiger partial charge in [0, 0.05) is 12.3 Å². The molecule has 1 saturated heterocycles. The van der Waals surface area contributed by atoms with E-state index in [-0.39, 0.29) is 30.0 Å². The van der Waals surface area contributed by atoms with Crippen LogP contribution in [0.2, 0.25) is 0 Å². The molecule has 0 saturated carbocycles. The lowest BCUT2D eigenvalue weighted by Crippen LogP contribution is -2.41. The highest BCUT2D eigenvalue weighted by molar-refractivity contribution is 14.0. The second-order valence-corrected chi connectivity index (χ2v) is 7.29. The highest BCUT2D eigenvalue weighted by atomic mass is 127. The fraction of sp³-hybridized carbons (Fsp3) is 0.611. The molecule has 0 amide bonds. The van der Waals surface area contributed by atoms with Crippen molar-refractivity contribution in [3.8, 4) is 0 Å². The van der Waals surface area contributed by atoms with Crippen molar-refractivity contribution in [2.75, 3.05) is 24.6 Å². The second kappa shape index (κ2) is 10.5. The van der Waals surface area contributed by atoms with Crippen LogP contribution in [-0.4, -0.2) is 41.3 Å². The Labute approximate surface area is 167 Å². The topological polar surface area (TPSA) is 56.7 Å². The fourth-order valence-electron chi connectivity index (χ4n) is 2.60. The van der Waals surface area contributed by atoms with E-state index in [0.29, 0.717) is 6.54 Å². The van der Waals surface area contributed by atoms with Crippen LogP contribution in [0.1, 0.15) is 44.4 Å². The van der Waals surface area contributed by atoms with E-state index in [1.165, 1.54) is 11.1 Å². The number of rotatable bonds is 6. The van der Waals surface area contributed by atoms with E-state index in [4.69, 9.17) is 0 Å². The highest BCUT2D eigenvalue weighted by Crippen LogP contribution is 2.27. The minimum Gasteiger partial charge on any atom is -0.387 e. The number of halogens is 1. The van der Waals surface area contributed by atoms with Crippen molar-refractivity contribution in [3.05, 3.63) is 35.4 Å². The lowest BCUT2D eigenvalue weighted by molar-refractivity contribution is 0.0778. The van der Waals surface area contributed by atoms with Crippen LogP contribution in [-0.2, 0) is 6.42 Å². The number of aliphatic imine (C=N–C) groups is 1. The van der Waals surface area contributed by atoms with E-state index in [1.807, 2.05) is 0 Å². The van der Waals surface area contributed by atoms with Gasteiger partial charge in [0.15, 0.2) is 5.96 Å². The monoisotopic (exact) mass is 463 g/mol. The summed E-state index contributed by atoms with van der Waals surface area (Å²) in [6, 6.07) is 8.86. The van der Waals surface area contributed by atoms with Crippen LogP contribution in [0, 0.1) is 0 Å². The SMILES string of the molecule is CCNC(=NCC1(O)CCSC1)NC(C)c1ccc(CC)cc1.I. The molecule has 1 aromatic rings. The predicted octanol–water partition coefficient (Wildman–Crippen LogP) is 3.35. The molecular weight excluding hydrogens is 433 g/mol. The van der Waals surface area contributed by atoms with Gasteiger partial charge in [0.2, 0.25) is 0 Å². The van der Waals surface area contributed by atoms with E-state index >= 15 is 0 Å². The van der Waals surface area contributed by atoms with Crippen molar-refractivity contribution in [2.24, 2.45) is 4.99 Å². The van der Waals surface area contributed by atoms with Crippen molar-refractivity contribution in [2.45, 2.75) is 45.3 Å². The van der Waals surface area contributed by atoms with Crippen LogP contribution >= 0.6 is 35.7 Å². The third-order valence-corrected chi connectivity index (χ3v) is 5.43. The molecule has 1 aromatic carbocycles. The lowest BCUT2D eigenvalue weighted by atomic mass is 10.0. The predicted molar refractivity (Wildman–Crippen MR) is 116 cm³/mol. The second-order valence-electron chi connectivity index (χ2n) is 6.18. The Hall–Kier alpha value is -0.470. The molecular formula is C18H30IN3OS. The van der Waals surface area contributed by atoms with Crippen LogP contribution in [0.3, 0.4) is 0 Å². The minimum atomic E-state index is -0.640. The van der Waals surface area contributed by atoms with Gasteiger partial charge in [-0.3, -0.25) is 4.99 Å². The number of guanidine groups is 1. The first-order chi connectivity index (χ1) is 11.1. The summed E-state index contributed by atoms with van der Waals surface area (Å²) in [5.74, 6) is 2.57. The molecule has 3 N–H and O–H groups in total. The number of benzene rings is 1. The van der Waals surface area contributed by atoms with Gasteiger partial charge in [-0.2, -0.15) is 11.8 Å². The molecule has 1 aliphatic rings. The van der Waals surface area contributed by atoms with Gasteiger partial charge in [0.05, 0.1) is 18.2 Å². The van der Waals surface area contributed by atoms with Crippen molar-refractivity contribution >= 4 is 41.7 Å². The molecule has 136 valence electrons. The minimum absolute atomic E-state index is 0. The molecule has 1 aliphatic heterocycles. The number of hydrogen-bond donors (Lipinski definition) is 3. The summed E-state index contributed by atoms with van der Waals surface area (Å²) in [5.41, 5.74) is 1.95. The first-order valence-corrected chi connectivity index (χ1v) is 9.65. The van der Waals surface area contributed by atoms with Gasteiger partial charge in [0.25, 0.3) is 0 Å². The Bertz CT molecular complexity index is 516. The summed E-state index contributed by atoms with van der Waals surface area (Å²) < 4.78 is 0. The molecule has 2 unspecified atom stereocenters. The van der Waals surface area contributed by atoms with Gasteiger partial charge >= 0.3 is 0 Å². The standard InChI is InChI=1S/C18H29N3OS.HI/c1-4-15-6-8-16(9-7-15)14(3)21-17(19-5-2)20-12-18(22)10-11-23-13-18;/h6-9,14,22H,4-5,10-13H2,1-3H3,(H2,19,20,21);1H. The Balaban J connectivity index is 0.00000288. The fourth-order valence-corrected chi connectivity index (χ4v) is 3.88. The molecule has 1 heterocycles. The van der Waals surface area contributed by atoms with Crippen molar-refractivity contribution in [3.63, 3.8) is 0 Å². The van der Waals surface area contributed by atoms with Crippen LogP contribution < -0.4 is 10.6 Å². The summed E-state index contributed by atoms with van der Waals surface area (Å²) in [7, 11) is 0. The summed E-state index contributed by atoms with van der Waals surface area (Å²) in [4.78, 5) is 4.60. The van der Waals surface area contributed by atoms with E-state index in [9.17, 15) is 5.11 Å². The number of nitrogens with one attached hydrogen (secondary N) is 2. The van der Waals surface area contributed by atoms with Gasteiger partial charge in [-0.05, 0) is 43.6 Å². The number of nitrogens with zero attached hydrogens (tertiary/aromatic N) is 1. The Morgan fingerprint density at radius 2 is 2.04 bits per heavy atom. The van der Waals surface area contributed by atoms with Crippen molar-refractivity contribution in [1.82, 2.24) is 10.6 Å². The zero-order valence-corrected chi connectivity index (χ0v) is 18.0. The molecule has 0 aliphatic carbocycles. The van der Waals surface area contributed by atoms with E-state index in [1.54, 1.807) is 11.8 Å². The average molecular weight is 463 g/mol. The van der Waals surface area contributed by atoms with Crippen LogP contribution in [0.15, 0.2) is 29.3 Å². The molecule has 2 atom stereocenters. The molecule has 6 heteroatoms. The lowest BCUT2D eigenvalue weighted by Gasteiger charge is -2.22. The van der Waals surface area contributed by atoms with Gasteiger partial charge in [0.1, 0.15) is 0 Å². The Kier molecular flexibility index (Phi) is 9.44. The van der Waals surface area contributed by atoms with Gasteiger partial charge in [-0.25, -0.2) is 0 Å². The third kappa shape index (κ3) is 6.44. The number of aliphatic hydroxyl groups is 1. The molecule has 1 fully saturated rings. The van der Waals surface area contributed by atoms with Crippen LogP contribution in [0.4, 0.5) is 0 Å². The van der Waals surface area contributed by atoms with E-state index in [2.05, 4.69) is 60.7 Å². The summed E-state index contributed by atoms with van der Waals surface area (Å²) >= 11 is 1.80. The number of thioether (sulfide) groups is 1. The zero-order valence-electron chi connectivity index (χ0n) is 14.8. The maximum atomic E-state index is 10.4. The van der Waals surface area contributed by atoms with Crippen molar-refractivity contribution in [1.29, 1.82) is 0 Å². The third-order valence-electron chi connectivity index (χ3n) is 4.20. The average Bonchev–Trinajstić information content (AvgIpc) is 3.00. The summed E-state index contributed by atoms with van der Waals surface area (Å²) in [6.07, 6.45) is 1.89. The molecule has 0 aromatic heterocycles. The summed E-state index contributed by atoms with van der Waals surface area (Å²) in [6.45, 7) is 7.61. The number of hydrogen-bond acceptors (Lipinski definition) is 3. The normalized spacial score (nSPS) is 21.9. The molecule has 2 rings (SSSR count). The van der Waals surface area contributed by atoms with Gasteiger partial charge in [-0.15, -0.1) is 24.0 Å². The van der Waals surface area contributed by atoms with Crippen LogP contribution in [0.25, 0.3) is 0 Å². The molecule has 0 radical (unpaired) electrons. The van der Waals surface area contributed by atoms with E-state index in [0.717, 1.165) is 36.9 Å². The van der Waals surface area contributed by atoms with Crippen LogP contribution in [0.5, 0.6) is 0 Å². The van der Waals surface area contributed by atoms with Crippen molar-refractivity contribution < 1.29 is 5.11 Å². The van der Waals surface area contributed by atoms with Gasteiger partial charge in [-0.1, -0.05) is 31.2 Å². The summed E-state index contributed by atoms with van der Waals surface area (Å²) in [5, 5.41) is 17.1.